The zero-order valence-corrected chi connectivity index (χ0v) is 16.3. The Morgan fingerprint density at radius 3 is 2.41 bits per heavy atom. The van der Waals surface area contributed by atoms with E-state index >= 15 is 0 Å². The highest BCUT2D eigenvalue weighted by Gasteiger charge is 2.45. The summed E-state index contributed by atoms with van der Waals surface area (Å²) in [5, 5.41) is 0. The molecule has 1 atom stereocenters. The van der Waals surface area contributed by atoms with E-state index in [-0.39, 0.29) is 0 Å². The van der Waals surface area contributed by atoms with E-state index in [1.54, 1.807) is 5.56 Å². The van der Waals surface area contributed by atoms with Crippen molar-refractivity contribution in [3.8, 4) is 0 Å². The number of pyridine rings is 1. The lowest BCUT2D eigenvalue weighted by Crippen LogP contribution is -2.52. The molecule has 0 amide bonds. The lowest BCUT2D eigenvalue weighted by Gasteiger charge is -2.50. The number of benzene rings is 1. The molecule has 1 aromatic carbocycles. The van der Waals surface area contributed by atoms with Crippen molar-refractivity contribution in [1.82, 2.24) is 14.8 Å². The Morgan fingerprint density at radius 1 is 0.963 bits per heavy atom. The van der Waals surface area contributed by atoms with Crippen molar-refractivity contribution in [2.24, 2.45) is 5.41 Å². The number of aromatic nitrogens is 1. The Bertz CT molecular complexity index is 733. The zero-order valence-electron chi connectivity index (χ0n) is 16.3. The largest absolute Gasteiger partial charge is 0.299 e. The maximum Gasteiger partial charge on any atom is 0.0271 e. The molecule has 3 fully saturated rings. The first-order valence-electron chi connectivity index (χ1n) is 10.7. The average Bonchev–Trinajstić information content (AvgIpc) is 3.57. The smallest absolute Gasteiger partial charge is 0.0271 e. The molecule has 0 unspecified atom stereocenters. The molecule has 2 aliphatic heterocycles. The van der Waals surface area contributed by atoms with Gasteiger partial charge in [0, 0.05) is 38.1 Å². The minimum atomic E-state index is 0.524. The molecule has 1 aromatic heterocycles. The Labute approximate surface area is 163 Å². The van der Waals surface area contributed by atoms with Crippen LogP contribution in [0.3, 0.4) is 0 Å². The lowest BCUT2D eigenvalue weighted by atomic mass is 9.68. The number of rotatable bonds is 4. The zero-order chi connectivity index (χ0) is 18.1. The van der Waals surface area contributed by atoms with E-state index < -0.39 is 0 Å². The summed E-state index contributed by atoms with van der Waals surface area (Å²) in [4.78, 5) is 9.64. The summed E-state index contributed by atoms with van der Waals surface area (Å²) in [7, 11) is 0. The second-order valence-electron chi connectivity index (χ2n) is 9.10. The van der Waals surface area contributed by atoms with Crippen LogP contribution in [0, 0.1) is 5.41 Å². The maximum atomic E-state index is 4.15. The maximum absolute atomic E-state index is 4.15. The first-order chi connectivity index (χ1) is 13.3. The molecule has 27 heavy (non-hydrogen) atoms. The molecule has 0 bridgehead atoms. The molecular weight excluding hydrogens is 330 g/mol. The van der Waals surface area contributed by atoms with Crippen LogP contribution >= 0.6 is 0 Å². The van der Waals surface area contributed by atoms with Crippen molar-refractivity contribution < 1.29 is 0 Å². The molecular formula is C24H31N3. The monoisotopic (exact) mass is 361 g/mol. The fourth-order valence-electron chi connectivity index (χ4n) is 5.39. The molecule has 1 saturated carbocycles. The second kappa shape index (κ2) is 7.37. The Hall–Kier alpha value is -1.71. The summed E-state index contributed by atoms with van der Waals surface area (Å²) in [5.74, 6) is 0.715. The number of likely N-dealkylation sites (tertiary alicyclic amines) is 2. The van der Waals surface area contributed by atoms with Crippen LogP contribution in [0.4, 0.5) is 0 Å². The molecule has 1 aliphatic carbocycles. The van der Waals surface area contributed by atoms with E-state index in [0.29, 0.717) is 11.3 Å². The number of piperidine rings is 2. The molecule has 3 nitrogen and oxygen atoms in total. The minimum Gasteiger partial charge on any atom is -0.299 e. The first kappa shape index (κ1) is 17.4. The van der Waals surface area contributed by atoms with Crippen LogP contribution in [-0.2, 0) is 6.54 Å². The van der Waals surface area contributed by atoms with Gasteiger partial charge in [0.25, 0.3) is 0 Å². The molecule has 3 heteroatoms. The van der Waals surface area contributed by atoms with E-state index in [1.165, 1.54) is 63.8 Å². The van der Waals surface area contributed by atoms with Crippen molar-refractivity contribution >= 4 is 0 Å². The van der Waals surface area contributed by atoms with Gasteiger partial charge in [-0.05, 0) is 79.8 Å². The molecule has 3 heterocycles. The van der Waals surface area contributed by atoms with Gasteiger partial charge in [-0.25, -0.2) is 0 Å². The highest BCUT2D eigenvalue weighted by Crippen LogP contribution is 2.47. The quantitative estimate of drug-likeness (QED) is 0.809. The lowest BCUT2D eigenvalue weighted by molar-refractivity contribution is 0.00830. The SMILES string of the molecule is c1ccc([C@H]2CN(C3CC3)CC3(CCN(Cc4ccncc4)CC3)C2)cc1. The van der Waals surface area contributed by atoms with Gasteiger partial charge in [0.15, 0.2) is 0 Å². The van der Waals surface area contributed by atoms with Gasteiger partial charge in [0.05, 0.1) is 0 Å². The van der Waals surface area contributed by atoms with Crippen LogP contribution in [0.5, 0.6) is 0 Å². The summed E-state index contributed by atoms with van der Waals surface area (Å²) >= 11 is 0. The highest BCUT2D eigenvalue weighted by molar-refractivity contribution is 5.22. The van der Waals surface area contributed by atoms with E-state index in [9.17, 15) is 0 Å². The van der Waals surface area contributed by atoms with Gasteiger partial charge in [0.2, 0.25) is 0 Å². The van der Waals surface area contributed by atoms with Crippen LogP contribution in [0.25, 0.3) is 0 Å². The molecule has 1 spiro atoms. The van der Waals surface area contributed by atoms with Gasteiger partial charge in [-0.15, -0.1) is 0 Å². The van der Waals surface area contributed by atoms with Crippen molar-refractivity contribution in [3.05, 3.63) is 66.0 Å². The van der Waals surface area contributed by atoms with Crippen molar-refractivity contribution in [3.63, 3.8) is 0 Å². The highest BCUT2D eigenvalue weighted by atomic mass is 15.2. The van der Waals surface area contributed by atoms with Crippen LogP contribution in [0.1, 0.15) is 49.1 Å². The van der Waals surface area contributed by atoms with Crippen LogP contribution in [0.2, 0.25) is 0 Å². The van der Waals surface area contributed by atoms with E-state index in [2.05, 4.69) is 57.2 Å². The molecule has 3 aliphatic rings. The summed E-state index contributed by atoms with van der Waals surface area (Å²) in [5.41, 5.74) is 3.48. The predicted molar refractivity (Wildman–Crippen MR) is 110 cm³/mol. The molecule has 142 valence electrons. The summed E-state index contributed by atoms with van der Waals surface area (Å²) in [6, 6.07) is 16.5. The Balaban J connectivity index is 1.28. The standard InChI is InChI=1S/C24H31N3/c1-2-4-21(5-3-1)22-16-24(19-27(18-22)23-6-7-23)10-14-26(15-11-24)17-20-8-12-25-13-9-20/h1-5,8-9,12-13,22-23H,6-7,10-11,14-19H2/t22-/m1/s1. The Morgan fingerprint density at radius 2 is 1.70 bits per heavy atom. The third-order valence-electron chi connectivity index (χ3n) is 7.08. The normalized spacial score (nSPS) is 26.3. The summed E-state index contributed by atoms with van der Waals surface area (Å²) in [6.07, 6.45) is 10.8. The van der Waals surface area contributed by atoms with Gasteiger partial charge in [0.1, 0.15) is 0 Å². The molecule has 0 N–H and O–H groups in total. The van der Waals surface area contributed by atoms with Crippen LogP contribution < -0.4 is 0 Å². The Kier molecular flexibility index (Phi) is 4.75. The third kappa shape index (κ3) is 3.95. The molecule has 0 radical (unpaired) electrons. The topological polar surface area (TPSA) is 19.4 Å². The third-order valence-corrected chi connectivity index (χ3v) is 7.08. The molecule has 2 aromatic rings. The summed E-state index contributed by atoms with van der Waals surface area (Å²) in [6.45, 7) is 6.17. The molecule has 5 rings (SSSR count). The predicted octanol–water partition coefficient (Wildman–Crippen LogP) is 4.32. The minimum absolute atomic E-state index is 0.524. The number of hydrogen-bond donors (Lipinski definition) is 0. The van der Waals surface area contributed by atoms with Crippen LogP contribution in [0.15, 0.2) is 54.9 Å². The number of hydrogen-bond acceptors (Lipinski definition) is 3. The fourth-order valence-corrected chi connectivity index (χ4v) is 5.39. The van der Waals surface area contributed by atoms with Crippen molar-refractivity contribution in [2.75, 3.05) is 26.2 Å². The fraction of sp³-hybridized carbons (Fsp3) is 0.542. The van der Waals surface area contributed by atoms with Crippen molar-refractivity contribution in [2.45, 2.75) is 50.6 Å². The van der Waals surface area contributed by atoms with Crippen LogP contribution in [-0.4, -0.2) is 47.0 Å². The van der Waals surface area contributed by atoms with E-state index in [4.69, 9.17) is 0 Å². The summed E-state index contributed by atoms with van der Waals surface area (Å²) < 4.78 is 0. The van der Waals surface area contributed by atoms with Crippen molar-refractivity contribution in [1.29, 1.82) is 0 Å². The first-order valence-corrected chi connectivity index (χ1v) is 10.7. The molecule has 2 saturated heterocycles. The second-order valence-corrected chi connectivity index (χ2v) is 9.10. The van der Waals surface area contributed by atoms with E-state index in [0.717, 1.165) is 12.6 Å². The van der Waals surface area contributed by atoms with Gasteiger partial charge >= 0.3 is 0 Å². The van der Waals surface area contributed by atoms with Gasteiger partial charge in [-0.1, -0.05) is 30.3 Å². The average molecular weight is 362 g/mol. The number of nitrogens with zero attached hydrogens (tertiary/aromatic N) is 3. The van der Waals surface area contributed by atoms with Gasteiger partial charge < -0.3 is 0 Å². The van der Waals surface area contributed by atoms with Gasteiger partial charge in [-0.3, -0.25) is 14.8 Å². The van der Waals surface area contributed by atoms with E-state index in [1.807, 2.05) is 12.4 Å². The van der Waals surface area contributed by atoms with Gasteiger partial charge in [-0.2, -0.15) is 0 Å².